The van der Waals surface area contributed by atoms with Gasteiger partial charge in [-0.3, -0.25) is 4.79 Å². The first kappa shape index (κ1) is 11.5. The molecule has 0 atom stereocenters. The van der Waals surface area contributed by atoms with Gasteiger partial charge in [-0.15, -0.1) is 11.6 Å². The van der Waals surface area contributed by atoms with E-state index >= 15 is 0 Å². The summed E-state index contributed by atoms with van der Waals surface area (Å²) in [5.41, 5.74) is -0.0597. The molecule has 88 valence electrons. The molecule has 16 heavy (non-hydrogen) atoms. The zero-order valence-corrected chi connectivity index (χ0v) is 10.2. The second-order valence-electron chi connectivity index (χ2n) is 4.49. The van der Waals surface area contributed by atoms with Crippen LogP contribution >= 0.6 is 11.6 Å². The van der Waals surface area contributed by atoms with Crippen LogP contribution in [-0.4, -0.2) is 21.0 Å². The highest BCUT2D eigenvalue weighted by atomic mass is 35.5. The van der Waals surface area contributed by atoms with E-state index in [1.54, 1.807) is 17.0 Å². The van der Waals surface area contributed by atoms with Gasteiger partial charge >= 0.3 is 0 Å². The second kappa shape index (κ2) is 4.45. The number of nitrogens with zero attached hydrogens (tertiary/aromatic N) is 2. The minimum Gasteiger partial charge on any atom is -0.363 e. The van der Waals surface area contributed by atoms with Crippen molar-refractivity contribution in [3.63, 3.8) is 0 Å². The van der Waals surface area contributed by atoms with Gasteiger partial charge in [-0.25, -0.2) is 4.98 Å². The maximum atomic E-state index is 12.0. The maximum absolute atomic E-state index is 12.0. The highest BCUT2D eigenvalue weighted by molar-refractivity contribution is 6.21. The maximum Gasteiger partial charge on any atom is 0.293 e. The molecule has 5 heteroatoms. The number of anilines is 1. The van der Waals surface area contributed by atoms with Crippen LogP contribution in [-0.2, 0) is 0 Å². The van der Waals surface area contributed by atoms with Crippen LogP contribution < -0.4 is 10.9 Å². The van der Waals surface area contributed by atoms with Gasteiger partial charge in [0.2, 0.25) is 0 Å². The summed E-state index contributed by atoms with van der Waals surface area (Å²) in [5, 5.41) is 3.39. The smallest absolute Gasteiger partial charge is 0.293 e. The standard InChI is InChI=1S/C11H16ClN3O/c1-7(2)15-4-3-13-10(11(15)16)14-9-5-8(12)6-9/h3-4,7-9H,5-6H2,1-2H3,(H,13,14). The first-order chi connectivity index (χ1) is 7.58. The van der Waals surface area contributed by atoms with Crippen molar-refractivity contribution < 1.29 is 0 Å². The topological polar surface area (TPSA) is 46.9 Å². The lowest BCUT2D eigenvalue weighted by Crippen LogP contribution is -2.39. The summed E-state index contributed by atoms with van der Waals surface area (Å²) in [4.78, 5) is 16.1. The van der Waals surface area contributed by atoms with Crippen molar-refractivity contribution in [2.24, 2.45) is 0 Å². The van der Waals surface area contributed by atoms with Crippen LogP contribution in [0.4, 0.5) is 5.82 Å². The van der Waals surface area contributed by atoms with Gasteiger partial charge in [0.05, 0.1) is 0 Å². The Morgan fingerprint density at radius 2 is 2.25 bits per heavy atom. The Balaban J connectivity index is 2.15. The number of hydrogen-bond donors (Lipinski definition) is 1. The number of halogens is 1. The third-order valence-corrected chi connectivity index (χ3v) is 3.20. The number of rotatable bonds is 3. The van der Waals surface area contributed by atoms with E-state index < -0.39 is 0 Å². The van der Waals surface area contributed by atoms with E-state index in [-0.39, 0.29) is 17.0 Å². The molecule has 1 aliphatic carbocycles. The summed E-state index contributed by atoms with van der Waals surface area (Å²) in [7, 11) is 0. The summed E-state index contributed by atoms with van der Waals surface area (Å²) in [6.07, 6.45) is 5.17. The average Bonchev–Trinajstić information content (AvgIpc) is 2.18. The lowest BCUT2D eigenvalue weighted by atomic mass is 9.92. The summed E-state index contributed by atoms with van der Waals surface area (Å²) in [5.74, 6) is 0.435. The predicted molar refractivity (Wildman–Crippen MR) is 65.2 cm³/mol. The Morgan fingerprint density at radius 1 is 1.56 bits per heavy atom. The number of aromatic nitrogens is 2. The molecule has 1 aromatic rings. The Hall–Kier alpha value is -1.03. The number of nitrogens with one attached hydrogen (secondary N) is 1. The van der Waals surface area contributed by atoms with Gasteiger partial charge in [-0.1, -0.05) is 0 Å². The van der Waals surface area contributed by atoms with E-state index in [2.05, 4.69) is 10.3 Å². The van der Waals surface area contributed by atoms with Crippen LogP contribution in [0, 0.1) is 0 Å². The van der Waals surface area contributed by atoms with Crippen LogP contribution in [0.5, 0.6) is 0 Å². The van der Waals surface area contributed by atoms with Crippen molar-refractivity contribution in [3.05, 3.63) is 22.7 Å². The van der Waals surface area contributed by atoms with Gasteiger partial charge in [-0.2, -0.15) is 0 Å². The highest BCUT2D eigenvalue weighted by Crippen LogP contribution is 2.27. The second-order valence-corrected chi connectivity index (χ2v) is 5.11. The summed E-state index contributed by atoms with van der Waals surface area (Å²) >= 11 is 5.89. The molecule has 1 aliphatic rings. The molecule has 0 aliphatic heterocycles. The van der Waals surface area contributed by atoms with Crippen molar-refractivity contribution >= 4 is 17.4 Å². The molecular weight excluding hydrogens is 226 g/mol. The molecule has 1 N–H and O–H groups in total. The fourth-order valence-corrected chi connectivity index (χ4v) is 2.22. The van der Waals surface area contributed by atoms with Crippen LogP contribution in [0.3, 0.4) is 0 Å². The van der Waals surface area contributed by atoms with Crippen LogP contribution in [0.25, 0.3) is 0 Å². The number of alkyl halides is 1. The molecule has 0 saturated heterocycles. The quantitative estimate of drug-likeness (QED) is 0.824. The minimum atomic E-state index is -0.0597. The van der Waals surface area contributed by atoms with Gasteiger partial charge in [0, 0.05) is 29.9 Å². The molecule has 0 radical (unpaired) electrons. The van der Waals surface area contributed by atoms with Gasteiger partial charge in [0.15, 0.2) is 5.82 Å². The van der Waals surface area contributed by atoms with E-state index in [1.807, 2.05) is 13.8 Å². The van der Waals surface area contributed by atoms with Crippen molar-refractivity contribution in [1.82, 2.24) is 9.55 Å². The first-order valence-electron chi connectivity index (χ1n) is 5.55. The third-order valence-electron chi connectivity index (χ3n) is 2.85. The Kier molecular flexibility index (Phi) is 3.19. The fraction of sp³-hybridized carbons (Fsp3) is 0.636. The fourth-order valence-electron chi connectivity index (χ4n) is 1.79. The number of hydrogen-bond acceptors (Lipinski definition) is 3. The van der Waals surface area contributed by atoms with E-state index in [0.29, 0.717) is 11.9 Å². The molecule has 4 nitrogen and oxygen atoms in total. The Labute approximate surface area is 99.6 Å². The van der Waals surface area contributed by atoms with Crippen molar-refractivity contribution in [3.8, 4) is 0 Å². The molecule has 0 bridgehead atoms. The average molecular weight is 242 g/mol. The molecular formula is C11H16ClN3O. The van der Waals surface area contributed by atoms with Crippen molar-refractivity contribution in [2.45, 2.75) is 44.1 Å². The summed E-state index contributed by atoms with van der Waals surface area (Å²) in [6.45, 7) is 3.95. The summed E-state index contributed by atoms with van der Waals surface area (Å²) < 4.78 is 1.67. The highest BCUT2D eigenvalue weighted by Gasteiger charge is 2.28. The molecule has 0 unspecified atom stereocenters. The van der Waals surface area contributed by atoms with Crippen LogP contribution in [0.15, 0.2) is 17.2 Å². The van der Waals surface area contributed by atoms with Gasteiger partial charge in [-0.05, 0) is 26.7 Å². The summed E-state index contributed by atoms with van der Waals surface area (Å²) in [6, 6.07) is 0.448. The molecule has 0 aromatic carbocycles. The van der Waals surface area contributed by atoms with E-state index in [4.69, 9.17) is 11.6 Å². The Bertz CT molecular complexity index is 423. The van der Waals surface area contributed by atoms with E-state index in [9.17, 15) is 4.79 Å². The monoisotopic (exact) mass is 241 g/mol. The van der Waals surface area contributed by atoms with E-state index in [1.165, 1.54) is 0 Å². The van der Waals surface area contributed by atoms with Gasteiger partial charge < -0.3 is 9.88 Å². The lowest BCUT2D eigenvalue weighted by Gasteiger charge is -2.31. The molecule has 2 rings (SSSR count). The predicted octanol–water partition coefficient (Wildman–Crippen LogP) is 2.01. The molecule has 1 saturated carbocycles. The lowest BCUT2D eigenvalue weighted by molar-refractivity contribution is 0.451. The zero-order valence-electron chi connectivity index (χ0n) is 9.48. The minimum absolute atomic E-state index is 0.0597. The van der Waals surface area contributed by atoms with Gasteiger partial charge in [0.25, 0.3) is 5.56 Å². The largest absolute Gasteiger partial charge is 0.363 e. The Morgan fingerprint density at radius 3 is 2.81 bits per heavy atom. The normalized spacial score (nSPS) is 24.2. The molecule has 1 heterocycles. The van der Waals surface area contributed by atoms with Crippen LogP contribution in [0.2, 0.25) is 0 Å². The zero-order chi connectivity index (χ0) is 11.7. The molecule has 1 fully saturated rings. The third kappa shape index (κ3) is 2.21. The molecule has 1 aromatic heterocycles. The van der Waals surface area contributed by atoms with E-state index in [0.717, 1.165) is 12.8 Å². The van der Waals surface area contributed by atoms with Crippen LogP contribution in [0.1, 0.15) is 32.7 Å². The first-order valence-corrected chi connectivity index (χ1v) is 5.99. The molecule has 0 amide bonds. The SMILES string of the molecule is CC(C)n1ccnc(NC2CC(Cl)C2)c1=O. The molecule has 0 spiro atoms. The van der Waals surface area contributed by atoms with Crippen molar-refractivity contribution in [2.75, 3.05) is 5.32 Å². The van der Waals surface area contributed by atoms with Crippen molar-refractivity contribution in [1.29, 1.82) is 0 Å². The van der Waals surface area contributed by atoms with Gasteiger partial charge in [0.1, 0.15) is 0 Å².